The molecule has 0 amide bonds. The van der Waals surface area contributed by atoms with Crippen LogP contribution in [0.25, 0.3) is 0 Å². The van der Waals surface area contributed by atoms with Gasteiger partial charge in [-0.05, 0) is 19.3 Å². The standard InChI is InChI=1S/C9H12O2/c1-6-2-3-7-4-9(10)11-5-8(6)7/h2,7-8H,3-5H2,1H3/t7-,8-/m1/s1. The van der Waals surface area contributed by atoms with Gasteiger partial charge in [-0.15, -0.1) is 0 Å². The Bertz CT molecular complexity index is 218. The van der Waals surface area contributed by atoms with Crippen molar-refractivity contribution in [1.82, 2.24) is 0 Å². The fourth-order valence-electron chi connectivity index (χ4n) is 1.97. The molecule has 0 aromatic rings. The fraction of sp³-hybridized carbons (Fsp3) is 0.667. The van der Waals surface area contributed by atoms with E-state index in [4.69, 9.17) is 4.74 Å². The summed E-state index contributed by atoms with van der Waals surface area (Å²) < 4.78 is 4.98. The molecule has 2 atom stereocenters. The van der Waals surface area contributed by atoms with Gasteiger partial charge in [0.05, 0.1) is 6.61 Å². The summed E-state index contributed by atoms with van der Waals surface area (Å²) in [6.07, 6.45) is 3.93. The average Bonchev–Trinajstić information content (AvgIpc) is 2.32. The molecule has 2 rings (SSSR count). The van der Waals surface area contributed by atoms with Gasteiger partial charge in [0.1, 0.15) is 0 Å². The zero-order chi connectivity index (χ0) is 7.84. The van der Waals surface area contributed by atoms with E-state index in [1.807, 2.05) is 0 Å². The van der Waals surface area contributed by atoms with Gasteiger partial charge in [0, 0.05) is 12.3 Å². The van der Waals surface area contributed by atoms with E-state index in [1.165, 1.54) is 5.57 Å². The number of fused-ring (bicyclic) bond motifs is 1. The van der Waals surface area contributed by atoms with E-state index in [-0.39, 0.29) is 5.97 Å². The highest BCUT2D eigenvalue weighted by Gasteiger charge is 2.34. The molecule has 11 heavy (non-hydrogen) atoms. The first-order valence-corrected chi connectivity index (χ1v) is 4.09. The lowest BCUT2D eigenvalue weighted by molar-refractivity contribution is -0.151. The van der Waals surface area contributed by atoms with Crippen LogP contribution < -0.4 is 0 Å². The van der Waals surface area contributed by atoms with Gasteiger partial charge in [-0.2, -0.15) is 0 Å². The molecule has 0 spiro atoms. The SMILES string of the molecule is CC1=CC[C@@H]2CC(=O)OC[C@H]12. The predicted octanol–water partition coefficient (Wildman–Crippen LogP) is 1.52. The number of rotatable bonds is 0. The van der Waals surface area contributed by atoms with E-state index in [9.17, 15) is 4.79 Å². The third-order valence-electron chi connectivity index (χ3n) is 2.75. The van der Waals surface area contributed by atoms with Crippen molar-refractivity contribution in [3.8, 4) is 0 Å². The van der Waals surface area contributed by atoms with Gasteiger partial charge in [-0.1, -0.05) is 11.6 Å². The van der Waals surface area contributed by atoms with E-state index < -0.39 is 0 Å². The first-order valence-electron chi connectivity index (χ1n) is 4.09. The van der Waals surface area contributed by atoms with Crippen LogP contribution >= 0.6 is 0 Å². The maximum absolute atomic E-state index is 10.9. The minimum atomic E-state index is -0.0191. The van der Waals surface area contributed by atoms with Crippen LogP contribution in [-0.4, -0.2) is 12.6 Å². The minimum absolute atomic E-state index is 0.0191. The number of ether oxygens (including phenoxy) is 1. The van der Waals surface area contributed by atoms with Crippen LogP contribution in [0.2, 0.25) is 0 Å². The molecule has 0 bridgehead atoms. The van der Waals surface area contributed by atoms with Crippen molar-refractivity contribution in [3.63, 3.8) is 0 Å². The van der Waals surface area contributed by atoms with E-state index in [0.29, 0.717) is 24.9 Å². The molecule has 60 valence electrons. The molecule has 0 radical (unpaired) electrons. The predicted molar refractivity (Wildman–Crippen MR) is 40.9 cm³/mol. The monoisotopic (exact) mass is 152 g/mol. The van der Waals surface area contributed by atoms with Crippen molar-refractivity contribution >= 4 is 5.97 Å². The summed E-state index contributed by atoms with van der Waals surface area (Å²) in [5.74, 6) is 1.07. The van der Waals surface area contributed by atoms with Gasteiger partial charge in [-0.3, -0.25) is 4.79 Å². The van der Waals surface area contributed by atoms with Crippen molar-refractivity contribution < 1.29 is 9.53 Å². The summed E-state index contributed by atoms with van der Waals surface area (Å²) in [5.41, 5.74) is 1.41. The van der Waals surface area contributed by atoms with Crippen LogP contribution in [0.4, 0.5) is 0 Å². The largest absolute Gasteiger partial charge is 0.465 e. The van der Waals surface area contributed by atoms with E-state index in [2.05, 4.69) is 13.0 Å². The topological polar surface area (TPSA) is 26.3 Å². The number of hydrogen-bond donors (Lipinski definition) is 0. The lowest BCUT2D eigenvalue weighted by Crippen LogP contribution is -2.28. The number of cyclic esters (lactones) is 1. The van der Waals surface area contributed by atoms with Crippen LogP contribution in [0.1, 0.15) is 19.8 Å². The first kappa shape index (κ1) is 6.89. The Morgan fingerprint density at radius 1 is 1.64 bits per heavy atom. The second-order valence-corrected chi connectivity index (χ2v) is 3.44. The maximum Gasteiger partial charge on any atom is 0.306 e. The highest BCUT2D eigenvalue weighted by Crippen LogP contribution is 2.36. The van der Waals surface area contributed by atoms with Gasteiger partial charge >= 0.3 is 5.97 Å². The molecule has 0 N–H and O–H groups in total. The van der Waals surface area contributed by atoms with Gasteiger partial charge in [-0.25, -0.2) is 0 Å². The third kappa shape index (κ3) is 1.06. The fourth-order valence-corrected chi connectivity index (χ4v) is 1.97. The number of carbonyl (C=O) groups excluding carboxylic acids is 1. The minimum Gasteiger partial charge on any atom is -0.465 e. The Morgan fingerprint density at radius 3 is 3.27 bits per heavy atom. The molecule has 1 aliphatic heterocycles. The lowest BCUT2D eigenvalue weighted by atomic mass is 9.88. The molecule has 2 aliphatic rings. The average molecular weight is 152 g/mol. The van der Waals surface area contributed by atoms with Crippen molar-refractivity contribution in [2.75, 3.05) is 6.61 Å². The number of allylic oxidation sites excluding steroid dienone is 1. The van der Waals surface area contributed by atoms with E-state index >= 15 is 0 Å². The summed E-state index contributed by atoms with van der Waals surface area (Å²) in [7, 11) is 0. The van der Waals surface area contributed by atoms with Crippen LogP contribution in [0, 0.1) is 11.8 Å². The molecular formula is C9H12O2. The number of esters is 1. The Hall–Kier alpha value is -0.790. The second kappa shape index (κ2) is 2.36. The zero-order valence-corrected chi connectivity index (χ0v) is 6.67. The molecule has 0 saturated carbocycles. The number of carbonyl (C=O) groups is 1. The van der Waals surface area contributed by atoms with Crippen LogP contribution in [0.15, 0.2) is 11.6 Å². The van der Waals surface area contributed by atoms with Crippen molar-refractivity contribution in [1.29, 1.82) is 0 Å². The van der Waals surface area contributed by atoms with E-state index in [0.717, 1.165) is 6.42 Å². The van der Waals surface area contributed by atoms with Crippen molar-refractivity contribution in [3.05, 3.63) is 11.6 Å². The lowest BCUT2D eigenvalue weighted by Gasteiger charge is -2.25. The maximum atomic E-state index is 10.9. The molecule has 0 aromatic carbocycles. The summed E-state index contributed by atoms with van der Waals surface area (Å²) in [5, 5.41) is 0. The van der Waals surface area contributed by atoms with E-state index in [1.54, 1.807) is 0 Å². The summed E-state index contributed by atoms with van der Waals surface area (Å²) in [6, 6.07) is 0. The van der Waals surface area contributed by atoms with Gasteiger partial charge in [0.2, 0.25) is 0 Å². The molecule has 1 saturated heterocycles. The summed E-state index contributed by atoms with van der Waals surface area (Å²) in [6.45, 7) is 2.75. The molecule has 1 fully saturated rings. The summed E-state index contributed by atoms with van der Waals surface area (Å²) >= 11 is 0. The van der Waals surface area contributed by atoms with Crippen molar-refractivity contribution in [2.45, 2.75) is 19.8 Å². The number of hydrogen-bond acceptors (Lipinski definition) is 2. The zero-order valence-electron chi connectivity index (χ0n) is 6.67. The van der Waals surface area contributed by atoms with Gasteiger partial charge in [0.15, 0.2) is 0 Å². The Kier molecular flexibility index (Phi) is 1.48. The molecule has 0 aromatic heterocycles. The molecule has 0 unspecified atom stereocenters. The van der Waals surface area contributed by atoms with Crippen LogP contribution in [0.3, 0.4) is 0 Å². The highest BCUT2D eigenvalue weighted by molar-refractivity contribution is 5.70. The van der Waals surface area contributed by atoms with Crippen LogP contribution in [0.5, 0.6) is 0 Å². The van der Waals surface area contributed by atoms with Crippen LogP contribution in [-0.2, 0) is 9.53 Å². The van der Waals surface area contributed by atoms with Crippen molar-refractivity contribution in [2.24, 2.45) is 11.8 Å². The third-order valence-corrected chi connectivity index (χ3v) is 2.75. The Balaban J connectivity index is 2.11. The highest BCUT2D eigenvalue weighted by atomic mass is 16.5. The molecule has 1 heterocycles. The normalized spacial score (nSPS) is 36.1. The molecule has 1 aliphatic carbocycles. The van der Waals surface area contributed by atoms with Gasteiger partial charge in [0.25, 0.3) is 0 Å². The Labute approximate surface area is 66.2 Å². The molecule has 2 heteroatoms. The smallest absolute Gasteiger partial charge is 0.306 e. The Morgan fingerprint density at radius 2 is 2.45 bits per heavy atom. The second-order valence-electron chi connectivity index (χ2n) is 3.44. The van der Waals surface area contributed by atoms with Gasteiger partial charge < -0.3 is 4.74 Å². The summed E-state index contributed by atoms with van der Waals surface area (Å²) in [4.78, 5) is 10.9. The molecular weight excluding hydrogens is 140 g/mol. The quantitative estimate of drug-likeness (QED) is 0.388. The molecule has 2 nitrogen and oxygen atoms in total. The first-order chi connectivity index (χ1) is 5.27.